The third-order valence-electron chi connectivity index (χ3n) is 5.45. The number of anilines is 1. The minimum absolute atomic E-state index is 0.137. The van der Waals surface area contributed by atoms with Crippen molar-refractivity contribution in [2.24, 2.45) is 5.92 Å². The standard InChI is InChI=1S/C23H23F2N5/c1-16-2-6-18(7-3-16)21-12-22(28-15-19-14-27-11-10-23(19,24)25)29-30(21)20-8-4-17(13-26)5-9-20/h2-9,12,19,27H,10-11,14-15H2,1H3,(H,28,29)/t19-/m1/s1. The highest BCUT2D eigenvalue weighted by molar-refractivity contribution is 5.66. The first-order chi connectivity index (χ1) is 14.5. The minimum atomic E-state index is -2.69. The van der Waals surface area contributed by atoms with Gasteiger partial charge < -0.3 is 10.6 Å². The molecule has 0 unspecified atom stereocenters. The SMILES string of the molecule is Cc1ccc(-c2cc(NC[C@H]3CNCCC3(F)F)nn2-c2ccc(C#N)cc2)cc1. The largest absolute Gasteiger partial charge is 0.368 e. The molecule has 7 heteroatoms. The minimum Gasteiger partial charge on any atom is -0.368 e. The van der Waals surface area contributed by atoms with Crippen molar-refractivity contribution in [2.75, 3.05) is 25.0 Å². The van der Waals surface area contributed by atoms with Crippen LogP contribution in [0.2, 0.25) is 0 Å². The van der Waals surface area contributed by atoms with Gasteiger partial charge >= 0.3 is 0 Å². The van der Waals surface area contributed by atoms with Gasteiger partial charge in [-0.15, -0.1) is 5.10 Å². The van der Waals surface area contributed by atoms with E-state index in [0.29, 0.717) is 17.9 Å². The van der Waals surface area contributed by atoms with Gasteiger partial charge in [0.25, 0.3) is 5.92 Å². The number of nitrogens with one attached hydrogen (secondary N) is 2. The Kier molecular flexibility index (Phi) is 5.51. The van der Waals surface area contributed by atoms with E-state index in [4.69, 9.17) is 5.26 Å². The zero-order valence-electron chi connectivity index (χ0n) is 16.7. The third kappa shape index (κ3) is 4.19. The Morgan fingerprint density at radius 2 is 1.93 bits per heavy atom. The Balaban J connectivity index is 1.65. The molecule has 154 valence electrons. The van der Waals surface area contributed by atoms with E-state index in [1.807, 2.05) is 49.4 Å². The molecule has 3 aromatic rings. The van der Waals surface area contributed by atoms with Crippen LogP contribution in [0.15, 0.2) is 54.6 Å². The van der Waals surface area contributed by atoms with Crippen molar-refractivity contribution in [2.45, 2.75) is 19.3 Å². The maximum atomic E-state index is 14.2. The lowest BCUT2D eigenvalue weighted by atomic mass is 9.95. The van der Waals surface area contributed by atoms with E-state index in [2.05, 4.69) is 21.8 Å². The molecule has 1 aliphatic rings. The van der Waals surface area contributed by atoms with Gasteiger partial charge in [0.1, 0.15) is 5.82 Å². The summed E-state index contributed by atoms with van der Waals surface area (Å²) in [4.78, 5) is 0. The molecule has 0 spiro atoms. The summed E-state index contributed by atoms with van der Waals surface area (Å²) in [7, 11) is 0. The van der Waals surface area contributed by atoms with Gasteiger partial charge in [-0.1, -0.05) is 29.8 Å². The number of alkyl halides is 2. The molecule has 0 bridgehead atoms. The molecule has 0 aliphatic carbocycles. The summed E-state index contributed by atoms with van der Waals surface area (Å²) in [6.07, 6.45) is -0.145. The summed E-state index contributed by atoms with van der Waals surface area (Å²) in [5.41, 5.74) is 4.31. The normalized spacial score (nSPS) is 18.0. The van der Waals surface area contributed by atoms with E-state index < -0.39 is 11.8 Å². The Labute approximate surface area is 174 Å². The van der Waals surface area contributed by atoms with Gasteiger partial charge in [-0.2, -0.15) is 5.26 Å². The fourth-order valence-electron chi connectivity index (χ4n) is 3.61. The zero-order valence-corrected chi connectivity index (χ0v) is 16.7. The van der Waals surface area contributed by atoms with E-state index in [1.54, 1.807) is 16.8 Å². The van der Waals surface area contributed by atoms with Crippen molar-refractivity contribution in [3.05, 3.63) is 65.7 Å². The molecular weight excluding hydrogens is 384 g/mol. The number of hydrogen-bond donors (Lipinski definition) is 2. The fraction of sp³-hybridized carbons (Fsp3) is 0.304. The average Bonchev–Trinajstić information content (AvgIpc) is 3.17. The average molecular weight is 407 g/mol. The van der Waals surface area contributed by atoms with Gasteiger partial charge in [-0.25, -0.2) is 13.5 Å². The Morgan fingerprint density at radius 3 is 2.60 bits per heavy atom. The fourth-order valence-corrected chi connectivity index (χ4v) is 3.61. The molecule has 0 radical (unpaired) electrons. The van der Waals surface area contributed by atoms with Crippen LogP contribution in [-0.2, 0) is 0 Å². The quantitative estimate of drug-likeness (QED) is 0.659. The number of halogens is 2. The molecule has 30 heavy (non-hydrogen) atoms. The highest BCUT2D eigenvalue weighted by Gasteiger charge is 2.41. The van der Waals surface area contributed by atoms with Crippen LogP contribution in [0.1, 0.15) is 17.5 Å². The van der Waals surface area contributed by atoms with Crippen molar-refractivity contribution < 1.29 is 8.78 Å². The molecule has 1 fully saturated rings. The summed E-state index contributed by atoms with van der Waals surface area (Å²) in [6.45, 7) is 2.78. The molecule has 5 nitrogen and oxygen atoms in total. The second kappa shape index (κ2) is 8.25. The van der Waals surface area contributed by atoms with Crippen LogP contribution in [-0.4, -0.2) is 35.3 Å². The monoisotopic (exact) mass is 407 g/mol. The Morgan fingerprint density at radius 1 is 1.20 bits per heavy atom. The lowest BCUT2D eigenvalue weighted by molar-refractivity contribution is -0.0728. The summed E-state index contributed by atoms with van der Waals surface area (Å²) in [5.74, 6) is -2.93. The molecular formula is C23H23F2N5. The predicted molar refractivity (Wildman–Crippen MR) is 113 cm³/mol. The Bertz CT molecular complexity index is 1050. The van der Waals surface area contributed by atoms with E-state index >= 15 is 0 Å². The zero-order chi connectivity index (χ0) is 21.1. The van der Waals surface area contributed by atoms with E-state index in [1.165, 1.54) is 0 Å². The molecule has 2 heterocycles. The lowest BCUT2D eigenvalue weighted by Gasteiger charge is -2.31. The van der Waals surface area contributed by atoms with Crippen molar-refractivity contribution in [1.82, 2.24) is 15.1 Å². The summed E-state index contributed by atoms with van der Waals surface area (Å²) < 4.78 is 30.1. The first-order valence-electron chi connectivity index (χ1n) is 9.96. The van der Waals surface area contributed by atoms with Crippen molar-refractivity contribution >= 4 is 5.82 Å². The van der Waals surface area contributed by atoms with Gasteiger partial charge in [0.05, 0.1) is 28.9 Å². The van der Waals surface area contributed by atoms with Crippen molar-refractivity contribution in [1.29, 1.82) is 5.26 Å². The predicted octanol–water partition coefficient (Wildman–Crippen LogP) is 4.38. The van der Waals surface area contributed by atoms with Crippen LogP contribution in [0, 0.1) is 24.2 Å². The van der Waals surface area contributed by atoms with Crippen LogP contribution in [0.3, 0.4) is 0 Å². The summed E-state index contributed by atoms with van der Waals surface area (Å²) in [6, 6.07) is 19.2. The molecule has 0 saturated carbocycles. The maximum absolute atomic E-state index is 14.2. The topological polar surface area (TPSA) is 65.7 Å². The molecule has 1 saturated heterocycles. The van der Waals surface area contributed by atoms with Crippen LogP contribution >= 0.6 is 0 Å². The molecule has 2 aromatic carbocycles. The van der Waals surface area contributed by atoms with Gasteiger partial charge in [0, 0.05) is 37.7 Å². The van der Waals surface area contributed by atoms with Gasteiger partial charge in [-0.05, 0) is 31.2 Å². The number of rotatable bonds is 5. The van der Waals surface area contributed by atoms with E-state index in [0.717, 1.165) is 22.5 Å². The summed E-state index contributed by atoms with van der Waals surface area (Å²) in [5, 5.41) is 19.8. The number of piperidine rings is 1. The maximum Gasteiger partial charge on any atom is 0.255 e. The number of aromatic nitrogens is 2. The van der Waals surface area contributed by atoms with Gasteiger partial charge in [0.15, 0.2) is 0 Å². The second-order valence-corrected chi connectivity index (χ2v) is 7.64. The lowest BCUT2D eigenvalue weighted by Crippen LogP contribution is -2.47. The number of benzene rings is 2. The van der Waals surface area contributed by atoms with E-state index in [-0.39, 0.29) is 19.5 Å². The van der Waals surface area contributed by atoms with Gasteiger partial charge in [0.2, 0.25) is 0 Å². The van der Waals surface area contributed by atoms with Gasteiger partial charge in [-0.3, -0.25) is 0 Å². The number of hydrogen-bond acceptors (Lipinski definition) is 4. The smallest absolute Gasteiger partial charge is 0.255 e. The molecule has 1 aromatic heterocycles. The third-order valence-corrected chi connectivity index (χ3v) is 5.45. The van der Waals surface area contributed by atoms with E-state index in [9.17, 15) is 8.78 Å². The number of nitriles is 1. The summed E-state index contributed by atoms with van der Waals surface area (Å²) >= 11 is 0. The highest BCUT2D eigenvalue weighted by Crippen LogP contribution is 2.31. The molecule has 4 rings (SSSR count). The molecule has 1 atom stereocenters. The molecule has 1 aliphatic heterocycles. The van der Waals surface area contributed by atoms with Crippen molar-refractivity contribution in [3.8, 4) is 23.0 Å². The second-order valence-electron chi connectivity index (χ2n) is 7.64. The molecule has 0 amide bonds. The Hall–Kier alpha value is -3.24. The highest BCUT2D eigenvalue weighted by atomic mass is 19.3. The van der Waals surface area contributed by atoms with Crippen molar-refractivity contribution in [3.63, 3.8) is 0 Å². The molecule has 2 N–H and O–H groups in total. The first-order valence-corrected chi connectivity index (χ1v) is 9.96. The number of aryl methyl sites for hydroxylation is 1. The van der Waals surface area contributed by atoms with Crippen LogP contribution in [0.25, 0.3) is 16.9 Å². The number of nitrogens with zero attached hydrogens (tertiary/aromatic N) is 3. The first kappa shape index (κ1) is 20.0. The van der Waals surface area contributed by atoms with Crippen LogP contribution in [0.4, 0.5) is 14.6 Å². The van der Waals surface area contributed by atoms with Crippen LogP contribution in [0.5, 0.6) is 0 Å². The van der Waals surface area contributed by atoms with Crippen LogP contribution < -0.4 is 10.6 Å².